The van der Waals surface area contributed by atoms with Crippen molar-refractivity contribution >= 4 is 24.2 Å². The molecule has 7 nitrogen and oxygen atoms in total. The first-order valence-corrected chi connectivity index (χ1v) is 15.2. The van der Waals surface area contributed by atoms with Crippen molar-refractivity contribution < 1.29 is 14.7 Å². The Morgan fingerprint density at radius 1 is 0.955 bits per heavy atom. The van der Waals surface area contributed by atoms with Crippen LogP contribution in [-0.2, 0) is 20.5 Å². The summed E-state index contributed by atoms with van der Waals surface area (Å²) in [5, 5.41) is 11.3. The Kier molecular flexibility index (Phi) is 10.1. The third-order valence-electron chi connectivity index (χ3n) is 9.60. The summed E-state index contributed by atoms with van der Waals surface area (Å²) in [6, 6.07) is 29.8. The number of aromatic nitrogens is 2. The Bertz CT molecular complexity index is 1420. The lowest BCUT2D eigenvalue weighted by molar-refractivity contribution is -0.181. The van der Waals surface area contributed by atoms with E-state index in [1.54, 1.807) is 6.33 Å². The first kappa shape index (κ1) is 33.1. The summed E-state index contributed by atoms with van der Waals surface area (Å²) in [7, 11) is 0. The van der Waals surface area contributed by atoms with Crippen molar-refractivity contribution in [1.29, 1.82) is 0 Å². The predicted molar refractivity (Wildman–Crippen MR) is 175 cm³/mol. The first-order chi connectivity index (χ1) is 20.8. The molecule has 0 bridgehead atoms. The zero-order valence-electron chi connectivity index (χ0n) is 25.6. The van der Waals surface area contributed by atoms with Gasteiger partial charge in [0.25, 0.3) is 0 Å². The van der Waals surface area contributed by atoms with Crippen molar-refractivity contribution in [2.45, 2.75) is 63.1 Å². The van der Waals surface area contributed by atoms with Gasteiger partial charge in [-0.3, -0.25) is 9.69 Å². The van der Waals surface area contributed by atoms with Crippen LogP contribution in [0.2, 0.25) is 0 Å². The number of imidazole rings is 1. The van der Waals surface area contributed by atoms with Crippen molar-refractivity contribution in [3.63, 3.8) is 0 Å². The second-order valence-electron chi connectivity index (χ2n) is 12.0. The van der Waals surface area contributed by atoms with Crippen molar-refractivity contribution in [1.82, 2.24) is 14.9 Å². The summed E-state index contributed by atoms with van der Waals surface area (Å²) >= 11 is 0. The Hall–Kier alpha value is -3.78. The number of carbonyl (C=O) groups is 2. The highest BCUT2D eigenvalue weighted by Gasteiger charge is 2.67. The number of H-pyrrole nitrogens is 1. The van der Waals surface area contributed by atoms with Gasteiger partial charge in [0.2, 0.25) is 0 Å². The molecule has 3 aromatic carbocycles. The van der Waals surface area contributed by atoms with E-state index in [4.69, 9.17) is 10.7 Å². The molecule has 1 aliphatic heterocycles. The van der Waals surface area contributed by atoms with Gasteiger partial charge >= 0.3 is 5.97 Å². The molecule has 8 heteroatoms. The maximum Gasteiger partial charge on any atom is 0.339 e. The fourth-order valence-corrected chi connectivity index (χ4v) is 7.58. The number of rotatable bonds is 11. The lowest BCUT2D eigenvalue weighted by atomic mass is 9.56. The lowest BCUT2D eigenvalue weighted by Crippen LogP contribution is -2.79. The molecule has 0 aliphatic carbocycles. The SMILES string of the molecule is CCCCC(=O)C1C(CC)C(C)(c2c[nH]cn2)CN(C(c2ccccc2)(c2ccccc2)c2ccccc2)C1(N)C(=O)O.Cl. The molecule has 1 aliphatic rings. The molecule has 0 radical (unpaired) electrons. The Labute approximate surface area is 266 Å². The zero-order valence-corrected chi connectivity index (χ0v) is 26.5. The molecular formula is C36H43ClN4O3. The van der Waals surface area contributed by atoms with Crippen LogP contribution in [0.5, 0.6) is 0 Å². The summed E-state index contributed by atoms with van der Waals surface area (Å²) in [5.74, 6) is -2.68. The maximum atomic E-state index is 14.4. The fraction of sp³-hybridized carbons (Fsp3) is 0.361. The van der Waals surface area contributed by atoms with E-state index < -0.39 is 28.5 Å². The van der Waals surface area contributed by atoms with Gasteiger partial charge in [0.15, 0.2) is 5.66 Å². The number of hydrogen-bond acceptors (Lipinski definition) is 5. The molecule has 4 N–H and O–H groups in total. The second kappa shape index (κ2) is 13.5. The van der Waals surface area contributed by atoms with Gasteiger partial charge in [-0.15, -0.1) is 12.4 Å². The van der Waals surface area contributed by atoms with Crippen molar-refractivity contribution in [2.75, 3.05) is 6.54 Å². The summed E-state index contributed by atoms with van der Waals surface area (Å²) in [5.41, 5.74) is 6.85. The van der Waals surface area contributed by atoms with Gasteiger partial charge in [0, 0.05) is 24.6 Å². The minimum atomic E-state index is -2.04. The number of aromatic amines is 1. The molecule has 5 rings (SSSR count). The molecule has 1 saturated heterocycles. The van der Waals surface area contributed by atoms with Gasteiger partial charge in [0.1, 0.15) is 5.78 Å². The highest BCUT2D eigenvalue weighted by Crippen LogP contribution is 2.55. The average Bonchev–Trinajstić information content (AvgIpc) is 3.59. The van der Waals surface area contributed by atoms with Gasteiger partial charge in [-0.25, -0.2) is 9.78 Å². The van der Waals surface area contributed by atoms with E-state index in [-0.39, 0.29) is 37.1 Å². The molecule has 1 aromatic heterocycles. The van der Waals surface area contributed by atoms with Crippen LogP contribution in [0.4, 0.5) is 0 Å². The fourth-order valence-electron chi connectivity index (χ4n) is 7.58. The summed E-state index contributed by atoms with van der Waals surface area (Å²) < 4.78 is 0. The van der Waals surface area contributed by atoms with Crippen molar-refractivity contribution in [3.8, 4) is 0 Å². The number of aliphatic carboxylic acids is 1. The van der Waals surface area contributed by atoms with Crippen LogP contribution < -0.4 is 5.73 Å². The number of nitrogens with two attached hydrogens (primary N) is 1. The second-order valence-corrected chi connectivity index (χ2v) is 12.0. The molecule has 4 unspecified atom stereocenters. The number of carboxylic acid groups (broad SMARTS) is 1. The molecule has 2 heterocycles. The number of ketones is 1. The lowest BCUT2D eigenvalue weighted by Gasteiger charge is -2.62. The number of Topliss-reactive ketones (excluding diaryl/α,β-unsaturated/α-hetero) is 1. The van der Waals surface area contributed by atoms with E-state index in [2.05, 4.69) is 11.9 Å². The number of carbonyl (C=O) groups excluding carboxylic acids is 1. The summed E-state index contributed by atoms with van der Waals surface area (Å²) in [4.78, 5) is 38.0. The van der Waals surface area contributed by atoms with Crippen LogP contribution >= 0.6 is 12.4 Å². The first-order valence-electron chi connectivity index (χ1n) is 15.2. The molecular weight excluding hydrogens is 572 g/mol. The topological polar surface area (TPSA) is 112 Å². The van der Waals surface area contributed by atoms with Crippen LogP contribution in [-0.4, -0.2) is 43.9 Å². The van der Waals surface area contributed by atoms with Crippen LogP contribution in [0.3, 0.4) is 0 Å². The van der Waals surface area contributed by atoms with Gasteiger partial charge in [-0.2, -0.15) is 0 Å². The van der Waals surface area contributed by atoms with E-state index >= 15 is 0 Å². The van der Waals surface area contributed by atoms with E-state index in [9.17, 15) is 14.7 Å². The van der Waals surface area contributed by atoms with Gasteiger partial charge in [-0.05, 0) is 29.0 Å². The van der Waals surface area contributed by atoms with Gasteiger partial charge in [-0.1, -0.05) is 125 Å². The number of nitrogens with zero attached hydrogens (tertiary/aromatic N) is 2. The molecule has 1 fully saturated rings. The number of hydrogen-bond donors (Lipinski definition) is 3. The summed E-state index contributed by atoms with van der Waals surface area (Å²) in [6.45, 7) is 6.41. The van der Waals surface area contributed by atoms with Crippen LogP contribution in [0.1, 0.15) is 68.8 Å². The van der Waals surface area contributed by atoms with Crippen LogP contribution in [0, 0.1) is 11.8 Å². The Morgan fingerprint density at radius 2 is 1.45 bits per heavy atom. The molecule has 0 saturated carbocycles. The van der Waals surface area contributed by atoms with E-state index in [1.165, 1.54) is 0 Å². The Balaban J connectivity index is 0.00000442. The predicted octanol–water partition coefficient (Wildman–Crippen LogP) is 6.54. The number of carboxylic acids is 1. The normalized spacial score (nSPS) is 23.9. The van der Waals surface area contributed by atoms with Crippen molar-refractivity contribution in [3.05, 3.63) is 126 Å². The number of nitrogens with one attached hydrogen (secondary N) is 1. The molecule has 4 aromatic rings. The van der Waals surface area contributed by atoms with E-state index in [1.807, 2.05) is 116 Å². The monoisotopic (exact) mass is 614 g/mol. The summed E-state index contributed by atoms with van der Waals surface area (Å²) in [6.07, 6.45) is 5.84. The van der Waals surface area contributed by atoms with E-state index in [0.717, 1.165) is 28.8 Å². The number of benzene rings is 3. The van der Waals surface area contributed by atoms with Crippen molar-refractivity contribution in [2.24, 2.45) is 17.6 Å². The highest BCUT2D eigenvalue weighted by atomic mass is 35.5. The number of piperidine rings is 1. The minimum Gasteiger partial charge on any atom is -0.479 e. The standard InChI is InChI=1S/C36H42N4O3.ClH/c1-4-6-22-30(41)32-29(5-2)34(3,31-23-38-25-39-31)24-40(36(32,37)33(42)43)35(26-16-10-7-11-17-26,27-18-12-8-13-19-27)28-20-14-9-15-21-28;/h7-21,23,25,29,32H,4-6,22,24,37H2,1-3H3,(H,38,39)(H,42,43);1H. The van der Waals surface area contributed by atoms with Crippen LogP contribution in [0.15, 0.2) is 104 Å². The van der Waals surface area contributed by atoms with Gasteiger partial charge < -0.3 is 15.8 Å². The number of halogens is 1. The minimum absolute atomic E-state index is 0. The largest absolute Gasteiger partial charge is 0.479 e. The third kappa shape index (κ3) is 5.27. The Morgan fingerprint density at radius 3 is 1.84 bits per heavy atom. The van der Waals surface area contributed by atoms with Gasteiger partial charge in [0.05, 0.1) is 23.5 Å². The molecule has 4 atom stereocenters. The molecule has 232 valence electrons. The molecule has 0 spiro atoms. The number of unbranched alkanes of at least 4 members (excludes halogenated alkanes) is 1. The highest BCUT2D eigenvalue weighted by molar-refractivity contribution is 5.92. The third-order valence-corrected chi connectivity index (χ3v) is 9.60. The quantitative estimate of drug-likeness (QED) is 0.165. The average molecular weight is 615 g/mol. The number of likely N-dealkylation sites (tertiary alicyclic amines) is 1. The molecule has 0 amide bonds. The van der Waals surface area contributed by atoms with E-state index in [0.29, 0.717) is 12.8 Å². The van der Waals surface area contributed by atoms with Crippen LogP contribution in [0.25, 0.3) is 0 Å². The smallest absolute Gasteiger partial charge is 0.339 e. The maximum absolute atomic E-state index is 14.4. The zero-order chi connectivity index (χ0) is 30.7. The molecule has 44 heavy (non-hydrogen) atoms.